The Kier molecular flexibility index (Phi) is 5.90. The average molecular weight is 423 g/mol. The van der Waals surface area contributed by atoms with E-state index in [4.69, 9.17) is 28.8 Å². The third kappa shape index (κ3) is 4.87. The molecule has 0 spiro atoms. The third-order valence-electron chi connectivity index (χ3n) is 4.69. The van der Waals surface area contributed by atoms with Crippen molar-refractivity contribution in [2.75, 3.05) is 26.7 Å². The van der Waals surface area contributed by atoms with E-state index in [0.717, 1.165) is 29.5 Å². The van der Waals surface area contributed by atoms with Crippen LogP contribution < -0.4 is 24.3 Å². The first kappa shape index (κ1) is 20.5. The minimum absolute atomic E-state index is 0.0454. The van der Waals surface area contributed by atoms with Gasteiger partial charge in [0.25, 0.3) is 5.97 Å². The van der Waals surface area contributed by atoms with Crippen molar-refractivity contribution in [3.63, 3.8) is 0 Å². The molecular weight excluding hydrogens is 402 g/mol. The molecule has 5 rings (SSSR count). The van der Waals surface area contributed by atoms with Crippen LogP contribution in [0.4, 0.5) is 0 Å². The maximum Gasteiger partial charge on any atom is 0.300 e. The summed E-state index contributed by atoms with van der Waals surface area (Å²) in [5.74, 6) is 2.08. The summed E-state index contributed by atoms with van der Waals surface area (Å²) >= 11 is 0. The van der Waals surface area contributed by atoms with Crippen LogP contribution in [-0.2, 0) is 9.59 Å². The molecule has 0 amide bonds. The van der Waals surface area contributed by atoms with Crippen LogP contribution in [0, 0.1) is 0 Å². The molecule has 0 unspecified atom stereocenters. The number of rotatable bonds is 2. The van der Waals surface area contributed by atoms with E-state index in [2.05, 4.69) is 5.32 Å². The summed E-state index contributed by atoms with van der Waals surface area (Å²) in [6, 6.07) is 11.3. The lowest BCUT2D eigenvalue weighted by molar-refractivity contribution is -0.134. The average Bonchev–Trinajstić information content (AvgIpc) is 3.39. The fraction of sp³-hybridized carbons (Fsp3) is 0.217. The van der Waals surface area contributed by atoms with Gasteiger partial charge >= 0.3 is 0 Å². The van der Waals surface area contributed by atoms with Crippen molar-refractivity contribution in [2.24, 2.45) is 0 Å². The molecule has 2 N–H and O–H groups in total. The van der Waals surface area contributed by atoms with Gasteiger partial charge in [0.2, 0.25) is 13.6 Å². The predicted molar refractivity (Wildman–Crippen MR) is 112 cm³/mol. The minimum atomic E-state index is -0.833. The summed E-state index contributed by atoms with van der Waals surface area (Å²) in [5, 5.41) is 10.7. The van der Waals surface area contributed by atoms with Gasteiger partial charge in [-0.3, -0.25) is 9.59 Å². The van der Waals surface area contributed by atoms with Crippen molar-refractivity contribution >= 4 is 23.9 Å². The number of Topliss-reactive ketones (excluding diaryl/α,β-unsaturated/α-hetero) is 1. The molecule has 0 aliphatic carbocycles. The zero-order valence-electron chi connectivity index (χ0n) is 16.8. The molecule has 3 aliphatic heterocycles. The fourth-order valence-electron chi connectivity index (χ4n) is 3.34. The lowest BCUT2D eigenvalue weighted by Gasteiger charge is -2.18. The summed E-state index contributed by atoms with van der Waals surface area (Å²) in [5.41, 5.74) is 3.25. The van der Waals surface area contributed by atoms with Gasteiger partial charge in [-0.05, 0) is 47.5 Å². The Morgan fingerprint density at radius 1 is 0.839 bits per heavy atom. The molecule has 0 radical (unpaired) electrons. The predicted octanol–water partition coefficient (Wildman–Crippen LogP) is 2.87. The molecular formula is C23H21NO7. The number of ether oxygens (including phenoxy) is 4. The quantitative estimate of drug-likeness (QED) is 0.711. The topological polar surface area (TPSA) is 103 Å². The second-order valence-electron chi connectivity index (χ2n) is 7.02. The van der Waals surface area contributed by atoms with Crippen molar-refractivity contribution in [1.29, 1.82) is 0 Å². The Hall–Kier alpha value is -3.78. The fourth-order valence-corrected chi connectivity index (χ4v) is 3.34. The summed E-state index contributed by atoms with van der Waals surface area (Å²) < 4.78 is 21.5. The number of hydrogen-bond donors (Lipinski definition) is 2. The molecule has 2 aromatic carbocycles. The number of ketones is 1. The van der Waals surface area contributed by atoms with Crippen LogP contribution in [0.2, 0.25) is 0 Å². The Bertz CT molecular complexity index is 1010. The van der Waals surface area contributed by atoms with Gasteiger partial charge in [-0.25, -0.2) is 0 Å². The number of carboxylic acids is 1. The number of carboxylic acid groups (broad SMARTS) is 1. The normalized spacial score (nSPS) is 18.7. The van der Waals surface area contributed by atoms with Gasteiger partial charge in [0.1, 0.15) is 0 Å². The molecule has 0 bridgehead atoms. The molecule has 31 heavy (non-hydrogen) atoms. The van der Waals surface area contributed by atoms with Crippen molar-refractivity contribution in [1.82, 2.24) is 5.32 Å². The lowest BCUT2D eigenvalue weighted by Crippen LogP contribution is -2.32. The van der Waals surface area contributed by atoms with Crippen LogP contribution in [0.5, 0.6) is 23.0 Å². The smallest absolute Gasteiger partial charge is 0.300 e. The number of fused-ring (bicyclic) bond motifs is 2. The van der Waals surface area contributed by atoms with Crippen molar-refractivity contribution < 1.29 is 33.6 Å². The van der Waals surface area contributed by atoms with E-state index in [9.17, 15) is 4.79 Å². The number of hydrogen-bond acceptors (Lipinski definition) is 7. The number of carbonyl (C=O) groups is 2. The van der Waals surface area contributed by atoms with Crippen LogP contribution in [0.15, 0.2) is 47.5 Å². The van der Waals surface area contributed by atoms with Crippen LogP contribution in [0.25, 0.3) is 12.2 Å². The molecule has 8 heteroatoms. The second-order valence-corrected chi connectivity index (χ2v) is 7.02. The number of nitrogens with one attached hydrogen (secondary N) is 1. The van der Waals surface area contributed by atoms with Gasteiger partial charge in [0.05, 0.1) is 0 Å². The Labute approximate surface area is 178 Å². The Morgan fingerprint density at radius 2 is 1.26 bits per heavy atom. The highest BCUT2D eigenvalue weighted by atomic mass is 16.7. The van der Waals surface area contributed by atoms with Gasteiger partial charge in [0.15, 0.2) is 28.8 Å². The monoisotopic (exact) mass is 423 g/mol. The Balaban J connectivity index is 0.000000535. The first-order chi connectivity index (χ1) is 15.0. The molecule has 160 valence electrons. The van der Waals surface area contributed by atoms with Gasteiger partial charge < -0.3 is 29.4 Å². The van der Waals surface area contributed by atoms with Gasteiger partial charge in [-0.1, -0.05) is 12.1 Å². The molecule has 1 fully saturated rings. The molecule has 8 nitrogen and oxygen atoms in total. The van der Waals surface area contributed by atoms with Gasteiger partial charge in [0, 0.05) is 31.2 Å². The van der Waals surface area contributed by atoms with Crippen molar-refractivity contribution in [2.45, 2.75) is 6.92 Å². The molecule has 0 saturated carbocycles. The van der Waals surface area contributed by atoms with Crippen molar-refractivity contribution in [3.05, 3.63) is 58.7 Å². The summed E-state index contributed by atoms with van der Waals surface area (Å²) in [6.07, 6.45) is 3.79. The number of piperidine rings is 1. The highest BCUT2D eigenvalue weighted by Crippen LogP contribution is 2.34. The van der Waals surface area contributed by atoms with Crippen LogP contribution >= 0.6 is 0 Å². The zero-order valence-corrected chi connectivity index (χ0v) is 16.8. The lowest BCUT2D eigenvalue weighted by atomic mass is 9.95. The molecule has 0 atom stereocenters. The zero-order chi connectivity index (χ0) is 21.8. The largest absolute Gasteiger partial charge is 0.481 e. The minimum Gasteiger partial charge on any atom is -0.481 e. The third-order valence-corrected chi connectivity index (χ3v) is 4.69. The van der Waals surface area contributed by atoms with Crippen LogP contribution in [0.1, 0.15) is 18.1 Å². The van der Waals surface area contributed by atoms with Crippen LogP contribution in [-0.4, -0.2) is 43.5 Å². The molecule has 3 aliphatic rings. The van der Waals surface area contributed by atoms with Crippen LogP contribution in [0.3, 0.4) is 0 Å². The number of aliphatic carboxylic acids is 1. The summed E-state index contributed by atoms with van der Waals surface area (Å²) in [4.78, 5) is 21.9. The molecule has 3 heterocycles. The van der Waals surface area contributed by atoms with Crippen molar-refractivity contribution in [3.8, 4) is 23.0 Å². The molecule has 0 aromatic heterocycles. The van der Waals surface area contributed by atoms with Gasteiger partial charge in [-0.2, -0.15) is 0 Å². The van der Waals surface area contributed by atoms with E-state index in [0.29, 0.717) is 35.7 Å². The first-order valence-corrected chi connectivity index (χ1v) is 9.65. The number of carbonyl (C=O) groups excluding carboxylic acids is 1. The van der Waals surface area contributed by atoms with E-state index < -0.39 is 5.97 Å². The van der Waals surface area contributed by atoms with E-state index in [1.807, 2.05) is 48.6 Å². The summed E-state index contributed by atoms with van der Waals surface area (Å²) in [7, 11) is 0. The molecule has 1 saturated heterocycles. The van der Waals surface area contributed by atoms with E-state index in [1.165, 1.54) is 0 Å². The van der Waals surface area contributed by atoms with E-state index in [1.54, 1.807) is 0 Å². The van der Waals surface area contributed by atoms with E-state index in [-0.39, 0.29) is 19.4 Å². The summed E-state index contributed by atoms with van der Waals surface area (Å²) in [6.45, 7) is 2.62. The maximum absolute atomic E-state index is 12.9. The second kappa shape index (κ2) is 8.93. The standard InChI is InChI=1S/C21H17NO5.C2H4O2/c23-21-15(5-13-1-3-17-19(7-13)26-11-24-17)9-22-10-16(21)6-14-2-4-18-20(8-14)27-12-25-18;1-2(3)4/h1-8,22H,9-12H2;1H3,(H,3,4)/b15-5+,16-6+;. The maximum atomic E-state index is 12.9. The SMILES string of the molecule is CC(=O)O.O=C1/C(=C/c2ccc3c(c2)OCO3)CNC/C1=C\c1ccc2c(c1)OCO2. The van der Waals surface area contributed by atoms with E-state index >= 15 is 0 Å². The highest BCUT2D eigenvalue weighted by Gasteiger charge is 2.21. The van der Waals surface area contributed by atoms with Gasteiger partial charge in [-0.15, -0.1) is 0 Å². The first-order valence-electron chi connectivity index (χ1n) is 9.65. The Morgan fingerprint density at radius 3 is 1.71 bits per heavy atom. The highest BCUT2D eigenvalue weighted by molar-refractivity contribution is 6.14. The molecule has 2 aromatic rings. The number of benzene rings is 2.